The second kappa shape index (κ2) is 6.97. The first kappa shape index (κ1) is 15.8. The van der Waals surface area contributed by atoms with Gasteiger partial charge in [-0.1, -0.05) is 26.7 Å². The Kier molecular flexibility index (Phi) is 5.23. The fraction of sp³-hybridized carbons (Fsp3) is 1.00. The van der Waals surface area contributed by atoms with E-state index in [2.05, 4.69) is 19.2 Å². The van der Waals surface area contributed by atoms with E-state index < -0.39 is 0 Å². The van der Waals surface area contributed by atoms with Crippen molar-refractivity contribution >= 4 is 0 Å². The Morgan fingerprint density at radius 1 is 1.10 bits per heavy atom. The molecular weight excluding hydrogens is 262 g/mol. The first-order chi connectivity index (χ1) is 10.2. The molecule has 3 nitrogen and oxygen atoms in total. The zero-order valence-electron chi connectivity index (χ0n) is 13.9. The molecule has 3 aliphatic rings. The SMILES string of the molecule is CCNC(C1CCC(C)CC1)C1CCOC2(CCOC2)C1. The van der Waals surface area contributed by atoms with Gasteiger partial charge in [0.05, 0.1) is 12.2 Å². The van der Waals surface area contributed by atoms with E-state index in [-0.39, 0.29) is 5.60 Å². The Labute approximate surface area is 130 Å². The smallest absolute Gasteiger partial charge is 0.0939 e. The summed E-state index contributed by atoms with van der Waals surface area (Å²) in [5.41, 5.74) is 0.0541. The molecule has 3 atom stereocenters. The summed E-state index contributed by atoms with van der Waals surface area (Å²) in [6.07, 6.45) is 9.21. The maximum absolute atomic E-state index is 6.14. The minimum absolute atomic E-state index is 0.0541. The average Bonchev–Trinajstić information content (AvgIpc) is 2.94. The molecule has 0 aromatic heterocycles. The van der Waals surface area contributed by atoms with Gasteiger partial charge in [0.2, 0.25) is 0 Å². The molecule has 2 heterocycles. The summed E-state index contributed by atoms with van der Waals surface area (Å²) in [5.74, 6) is 2.59. The van der Waals surface area contributed by atoms with E-state index in [1.54, 1.807) is 0 Å². The lowest BCUT2D eigenvalue weighted by Crippen LogP contribution is -2.50. The lowest BCUT2D eigenvalue weighted by molar-refractivity contribution is -0.106. The molecule has 0 aromatic rings. The molecule has 0 aromatic carbocycles. The molecule has 0 bridgehead atoms. The van der Waals surface area contributed by atoms with E-state index in [1.807, 2.05) is 0 Å². The summed E-state index contributed by atoms with van der Waals surface area (Å²) in [6, 6.07) is 0.698. The predicted molar refractivity (Wildman–Crippen MR) is 85.4 cm³/mol. The van der Waals surface area contributed by atoms with Crippen LogP contribution in [-0.2, 0) is 9.47 Å². The maximum atomic E-state index is 6.14. The van der Waals surface area contributed by atoms with Gasteiger partial charge < -0.3 is 14.8 Å². The monoisotopic (exact) mass is 295 g/mol. The molecule has 3 unspecified atom stereocenters. The number of hydrogen-bond acceptors (Lipinski definition) is 3. The third kappa shape index (κ3) is 3.62. The second-order valence-electron chi connectivity index (χ2n) is 7.69. The van der Waals surface area contributed by atoms with E-state index in [4.69, 9.17) is 9.47 Å². The van der Waals surface area contributed by atoms with Crippen LogP contribution in [0.25, 0.3) is 0 Å². The molecule has 3 heteroatoms. The van der Waals surface area contributed by atoms with Gasteiger partial charge in [-0.05, 0) is 50.0 Å². The summed E-state index contributed by atoms with van der Waals surface area (Å²) in [4.78, 5) is 0. The summed E-state index contributed by atoms with van der Waals surface area (Å²) in [5, 5.41) is 3.85. The van der Waals surface area contributed by atoms with Crippen LogP contribution in [0, 0.1) is 17.8 Å². The van der Waals surface area contributed by atoms with Gasteiger partial charge in [-0.3, -0.25) is 0 Å². The highest BCUT2D eigenvalue weighted by Crippen LogP contribution is 2.41. The zero-order chi connectivity index (χ0) is 14.7. The van der Waals surface area contributed by atoms with E-state index in [0.29, 0.717) is 6.04 Å². The molecule has 0 amide bonds. The maximum Gasteiger partial charge on any atom is 0.0939 e. The van der Waals surface area contributed by atoms with Crippen molar-refractivity contribution in [1.29, 1.82) is 0 Å². The number of ether oxygens (including phenoxy) is 2. The summed E-state index contributed by atoms with van der Waals surface area (Å²) < 4.78 is 11.8. The molecular formula is C18H33NO2. The van der Waals surface area contributed by atoms with Gasteiger partial charge in [0.1, 0.15) is 0 Å². The molecule has 2 aliphatic heterocycles. The van der Waals surface area contributed by atoms with Gasteiger partial charge in [0.25, 0.3) is 0 Å². The Balaban J connectivity index is 1.65. The van der Waals surface area contributed by atoms with Crippen molar-refractivity contribution in [3.63, 3.8) is 0 Å². The number of hydrogen-bond donors (Lipinski definition) is 1. The fourth-order valence-corrected chi connectivity index (χ4v) is 4.83. The van der Waals surface area contributed by atoms with Crippen LogP contribution in [-0.4, -0.2) is 38.0 Å². The average molecular weight is 295 g/mol. The largest absolute Gasteiger partial charge is 0.378 e. The predicted octanol–water partition coefficient (Wildman–Crippen LogP) is 3.38. The van der Waals surface area contributed by atoms with Gasteiger partial charge in [-0.2, -0.15) is 0 Å². The third-order valence-corrected chi connectivity index (χ3v) is 6.11. The minimum atomic E-state index is 0.0541. The Hall–Kier alpha value is -0.120. The fourth-order valence-electron chi connectivity index (χ4n) is 4.83. The molecule has 1 spiro atoms. The summed E-state index contributed by atoms with van der Waals surface area (Å²) in [7, 11) is 0. The van der Waals surface area contributed by atoms with Crippen LogP contribution in [0.2, 0.25) is 0 Å². The summed E-state index contributed by atoms with van der Waals surface area (Å²) in [6.45, 7) is 8.41. The van der Waals surface area contributed by atoms with Gasteiger partial charge in [-0.25, -0.2) is 0 Å². The molecule has 1 N–H and O–H groups in total. The molecule has 2 saturated heterocycles. The quantitative estimate of drug-likeness (QED) is 0.862. The van der Waals surface area contributed by atoms with Gasteiger partial charge in [-0.15, -0.1) is 0 Å². The van der Waals surface area contributed by atoms with E-state index >= 15 is 0 Å². The van der Waals surface area contributed by atoms with Crippen molar-refractivity contribution in [1.82, 2.24) is 5.32 Å². The molecule has 0 radical (unpaired) electrons. The normalized spacial score (nSPS) is 42.3. The van der Waals surface area contributed by atoms with Crippen LogP contribution in [0.1, 0.15) is 58.8 Å². The highest BCUT2D eigenvalue weighted by Gasteiger charge is 2.44. The first-order valence-electron chi connectivity index (χ1n) is 9.17. The van der Waals surface area contributed by atoms with Crippen molar-refractivity contribution in [3.8, 4) is 0 Å². The van der Waals surface area contributed by atoms with Crippen molar-refractivity contribution in [2.75, 3.05) is 26.4 Å². The minimum Gasteiger partial charge on any atom is -0.378 e. The molecule has 3 rings (SSSR count). The van der Waals surface area contributed by atoms with Gasteiger partial charge in [0.15, 0.2) is 0 Å². The molecule has 122 valence electrons. The molecule has 1 aliphatic carbocycles. The Morgan fingerprint density at radius 2 is 1.90 bits per heavy atom. The van der Waals surface area contributed by atoms with Gasteiger partial charge in [0, 0.05) is 25.7 Å². The topological polar surface area (TPSA) is 30.5 Å². The highest BCUT2D eigenvalue weighted by atomic mass is 16.6. The van der Waals surface area contributed by atoms with Crippen molar-refractivity contribution in [2.45, 2.75) is 70.4 Å². The second-order valence-corrected chi connectivity index (χ2v) is 7.69. The van der Waals surface area contributed by atoms with E-state index in [1.165, 1.54) is 38.5 Å². The number of rotatable bonds is 4. The number of nitrogens with one attached hydrogen (secondary N) is 1. The molecule has 21 heavy (non-hydrogen) atoms. The van der Waals surface area contributed by atoms with E-state index in [0.717, 1.165) is 50.5 Å². The van der Waals surface area contributed by atoms with Crippen LogP contribution in [0.3, 0.4) is 0 Å². The lowest BCUT2D eigenvalue weighted by atomic mass is 9.71. The first-order valence-corrected chi connectivity index (χ1v) is 9.17. The van der Waals surface area contributed by atoms with Crippen LogP contribution >= 0.6 is 0 Å². The lowest BCUT2D eigenvalue weighted by Gasteiger charge is -2.44. The van der Waals surface area contributed by atoms with Crippen molar-refractivity contribution in [2.24, 2.45) is 17.8 Å². The zero-order valence-corrected chi connectivity index (χ0v) is 13.9. The van der Waals surface area contributed by atoms with Crippen molar-refractivity contribution < 1.29 is 9.47 Å². The highest BCUT2D eigenvalue weighted by molar-refractivity contribution is 4.96. The summed E-state index contributed by atoms with van der Waals surface area (Å²) >= 11 is 0. The third-order valence-electron chi connectivity index (χ3n) is 6.11. The molecule has 1 saturated carbocycles. The van der Waals surface area contributed by atoms with Crippen LogP contribution in [0.4, 0.5) is 0 Å². The van der Waals surface area contributed by atoms with Crippen LogP contribution < -0.4 is 5.32 Å². The van der Waals surface area contributed by atoms with Crippen LogP contribution in [0.15, 0.2) is 0 Å². The standard InChI is InChI=1S/C18H33NO2/c1-3-19-17(15-6-4-14(2)5-7-15)16-8-10-21-18(12-16)9-11-20-13-18/h14-17,19H,3-13H2,1-2H3. The Bertz CT molecular complexity index is 319. The van der Waals surface area contributed by atoms with E-state index in [9.17, 15) is 0 Å². The Morgan fingerprint density at radius 3 is 2.57 bits per heavy atom. The van der Waals surface area contributed by atoms with Crippen molar-refractivity contribution in [3.05, 3.63) is 0 Å². The molecule has 3 fully saturated rings. The van der Waals surface area contributed by atoms with Gasteiger partial charge >= 0.3 is 0 Å². The van der Waals surface area contributed by atoms with Crippen LogP contribution in [0.5, 0.6) is 0 Å².